The molecule has 0 bridgehead atoms. The van der Waals surface area contributed by atoms with Gasteiger partial charge in [-0.25, -0.2) is 9.59 Å². The van der Waals surface area contributed by atoms with Crippen molar-refractivity contribution in [3.8, 4) is 0 Å². The van der Waals surface area contributed by atoms with Crippen molar-refractivity contribution < 1.29 is 28.6 Å². The summed E-state index contributed by atoms with van der Waals surface area (Å²) in [5, 5.41) is 0. The largest absolute Gasteiger partial charge is 0.467 e. The summed E-state index contributed by atoms with van der Waals surface area (Å²) in [4.78, 5) is 36.6. The lowest BCUT2D eigenvalue weighted by atomic mass is 9.91. The molecule has 1 aromatic carbocycles. The van der Waals surface area contributed by atoms with E-state index in [1.807, 2.05) is 6.07 Å². The fourth-order valence-electron chi connectivity index (χ4n) is 1.87. The molecule has 0 heterocycles. The van der Waals surface area contributed by atoms with Gasteiger partial charge in [-0.1, -0.05) is 30.3 Å². The maximum Gasteiger partial charge on any atom is 0.340 e. The van der Waals surface area contributed by atoms with Crippen LogP contribution in [0, 0.1) is 0 Å². The van der Waals surface area contributed by atoms with E-state index in [2.05, 4.69) is 4.74 Å². The van der Waals surface area contributed by atoms with E-state index in [-0.39, 0.29) is 6.61 Å². The minimum Gasteiger partial charge on any atom is -0.467 e. The third kappa shape index (κ3) is 5.27. The summed E-state index contributed by atoms with van der Waals surface area (Å²) in [7, 11) is 1.02. The summed E-state index contributed by atoms with van der Waals surface area (Å²) in [6.45, 7) is 4.67. The highest BCUT2D eigenvalue weighted by molar-refractivity contribution is 6.09. The number of carbonyl (C=O) groups excluding carboxylic acids is 3. The predicted octanol–water partition coefficient (Wildman–Crippen LogP) is 0.269. The minimum atomic E-state index is -2.52. The number of ether oxygens (including phenoxy) is 3. The van der Waals surface area contributed by atoms with E-state index >= 15 is 0 Å². The second-order valence-electron chi connectivity index (χ2n) is 6.43. The van der Waals surface area contributed by atoms with Crippen molar-refractivity contribution in [1.29, 1.82) is 0 Å². The first-order valence-corrected chi connectivity index (χ1v) is 7.59. The Bertz CT molecular complexity index is 626. The lowest BCUT2D eigenvalue weighted by Crippen LogP contribution is -2.70. The van der Waals surface area contributed by atoms with E-state index < -0.39 is 35.1 Å². The van der Waals surface area contributed by atoms with Gasteiger partial charge in [0.1, 0.15) is 18.2 Å². The molecule has 1 rings (SSSR count). The lowest BCUT2D eigenvalue weighted by Gasteiger charge is -2.31. The Morgan fingerprint density at radius 2 is 1.64 bits per heavy atom. The fourth-order valence-corrected chi connectivity index (χ4v) is 1.87. The van der Waals surface area contributed by atoms with Gasteiger partial charge >= 0.3 is 17.9 Å². The quantitative estimate of drug-likeness (QED) is 0.424. The minimum absolute atomic E-state index is 0.0844. The van der Waals surface area contributed by atoms with Crippen LogP contribution in [0.3, 0.4) is 0 Å². The number of benzene rings is 1. The smallest absolute Gasteiger partial charge is 0.340 e. The van der Waals surface area contributed by atoms with Crippen LogP contribution in [0.5, 0.6) is 0 Å². The first kappa shape index (κ1) is 20.6. The highest BCUT2D eigenvalue weighted by Gasteiger charge is 2.55. The van der Waals surface area contributed by atoms with E-state index in [0.717, 1.165) is 7.11 Å². The SMILES string of the molecule is COC(=O)[C@](N)(C(=O)OC(C)(C)C)C(N)C(=O)OCc1ccccc1. The highest BCUT2D eigenvalue weighted by atomic mass is 16.6. The van der Waals surface area contributed by atoms with Gasteiger partial charge in [0.25, 0.3) is 0 Å². The summed E-state index contributed by atoms with van der Waals surface area (Å²) in [6.07, 6.45) is 0. The zero-order chi connectivity index (χ0) is 19.3. The average Bonchev–Trinajstić information content (AvgIpc) is 2.56. The van der Waals surface area contributed by atoms with Crippen LogP contribution in [0.4, 0.5) is 0 Å². The molecule has 0 saturated carbocycles. The van der Waals surface area contributed by atoms with Gasteiger partial charge in [0.2, 0.25) is 5.54 Å². The van der Waals surface area contributed by atoms with E-state index in [1.165, 1.54) is 0 Å². The topological polar surface area (TPSA) is 131 Å². The number of esters is 3. The Labute approximate surface area is 146 Å². The molecule has 8 nitrogen and oxygen atoms in total. The van der Waals surface area contributed by atoms with Crippen LogP contribution in [0.15, 0.2) is 30.3 Å². The molecule has 1 unspecified atom stereocenters. The molecule has 0 aromatic heterocycles. The Kier molecular flexibility index (Phi) is 6.66. The maximum absolute atomic E-state index is 12.4. The monoisotopic (exact) mass is 352 g/mol. The summed E-state index contributed by atoms with van der Waals surface area (Å²) in [6, 6.07) is 7.03. The molecule has 2 atom stereocenters. The average molecular weight is 352 g/mol. The molecule has 0 fully saturated rings. The van der Waals surface area contributed by atoms with Crippen LogP contribution in [0.1, 0.15) is 26.3 Å². The first-order valence-electron chi connectivity index (χ1n) is 7.59. The van der Waals surface area contributed by atoms with Crippen molar-refractivity contribution in [1.82, 2.24) is 0 Å². The molecule has 138 valence electrons. The molecule has 0 aliphatic heterocycles. The molecular formula is C17H24N2O6. The van der Waals surface area contributed by atoms with Crippen molar-refractivity contribution in [2.24, 2.45) is 11.5 Å². The Balaban J connectivity index is 2.95. The van der Waals surface area contributed by atoms with Crippen LogP contribution >= 0.6 is 0 Å². The first-order chi connectivity index (χ1) is 11.5. The number of hydrogen-bond acceptors (Lipinski definition) is 8. The molecule has 0 amide bonds. The predicted molar refractivity (Wildman–Crippen MR) is 89.0 cm³/mol. The van der Waals surface area contributed by atoms with Crippen molar-refractivity contribution in [3.63, 3.8) is 0 Å². The summed E-state index contributed by atoms with van der Waals surface area (Å²) in [5.74, 6) is -3.38. The number of carbonyl (C=O) groups is 3. The van der Waals surface area contributed by atoms with Gasteiger partial charge in [0.15, 0.2) is 0 Å². The highest BCUT2D eigenvalue weighted by Crippen LogP contribution is 2.18. The molecule has 0 spiro atoms. The Hall–Kier alpha value is -2.45. The van der Waals surface area contributed by atoms with Crippen molar-refractivity contribution in [3.05, 3.63) is 35.9 Å². The third-order valence-electron chi connectivity index (χ3n) is 3.23. The van der Waals surface area contributed by atoms with Crippen LogP contribution < -0.4 is 11.5 Å². The van der Waals surface area contributed by atoms with Crippen LogP contribution in [-0.2, 0) is 35.2 Å². The number of hydrogen-bond donors (Lipinski definition) is 2. The molecule has 8 heteroatoms. The lowest BCUT2D eigenvalue weighted by molar-refractivity contribution is -0.176. The van der Waals surface area contributed by atoms with E-state index in [0.29, 0.717) is 5.56 Å². The van der Waals surface area contributed by atoms with Gasteiger partial charge in [-0.15, -0.1) is 0 Å². The molecular weight excluding hydrogens is 328 g/mol. The standard InChI is InChI=1S/C17H24N2O6/c1-16(2,3)25-15(22)17(19,14(21)23-4)12(18)13(20)24-10-11-8-6-5-7-9-11/h5-9,12H,10,18-19H2,1-4H3/t12?,17-/m0/s1. The maximum atomic E-state index is 12.4. The Morgan fingerprint density at radius 1 is 1.08 bits per heavy atom. The molecule has 0 saturated heterocycles. The number of rotatable bonds is 6. The molecule has 0 aliphatic carbocycles. The fraction of sp³-hybridized carbons (Fsp3) is 0.471. The van der Waals surface area contributed by atoms with Crippen molar-refractivity contribution >= 4 is 17.9 Å². The van der Waals surface area contributed by atoms with Gasteiger partial charge in [0, 0.05) is 0 Å². The van der Waals surface area contributed by atoms with Crippen LogP contribution in [0.2, 0.25) is 0 Å². The molecule has 25 heavy (non-hydrogen) atoms. The van der Waals surface area contributed by atoms with Gasteiger partial charge in [-0.3, -0.25) is 4.79 Å². The molecule has 4 N–H and O–H groups in total. The third-order valence-corrected chi connectivity index (χ3v) is 3.23. The molecule has 0 radical (unpaired) electrons. The summed E-state index contributed by atoms with van der Waals surface area (Å²) in [5.41, 5.74) is 8.85. The van der Waals surface area contributed by atoms with E-state index in [1.54, 1.807) is 45.0 Å². The van der Waals surface area contributed by atoms with Crippen molar-refractivity contribution in [2.45, 2.75) is 44.6 Å². The normalized spacial score (nSPS) is 14.8. The number of nitrogens with two attached hydrogens (primary N) is 2. The molecule has 1 aromatic rings. The summed E-state index contributed by atoms with van der Waals surface area (Å²) < 4.78 is 14.7. The van der Waals surface area contributed by atoms with Gasteiger partial charge in [-0.2, -0.15) is 0 Å². The van der Waals surface area contributed by atoms with Gasteiger partial charge in [0.05, 0.1) is 7.11 Å². The number of methoxy groups -OCH3 is 1. The molecule has 0 aliphatic rings. The second kappa shape index (κ2) is 8.09. The Morgan fingerprint density at radius 3 is 2.12 bits per heavy atom. The zero-order valence-electron chi connectivity index (χ0n) is 14.8. The second-order valence-corrected chi connectivity index (χ2v) is 6.43. The van der Waals surface area contributed by atoms with Crippen molar-refractivity contribution in [2.75, 3.05) is 7.11 Å². The van der Waals surface area contributed by atoms with E-state index in [4.69, 9.17) is 20.9 Å². The zero-order valence-corrected chi connectivity index (χ0v) is 14.8. The van der Waals surface area contributed by atoms with Gasteiger partial charge < -0.3 is 25.7 Å². The van der Waals surface area contributed by atoms with E-state index in [9.17, 15) is 14.4 Å². The summed E-state index contributed by atoms with van der Waals surface area (Å²) >= 11 is 0. The van der Waals surface area contributed by atoms with Crippen LogP contribution in [0.25, 0.3) is 0 Å². The van der Waals surface area contributed by atoms with Gasteiger partial charge in [-0.05, 0) is 26.3 Å². The van der Waals surface area contributed by atoms with Crippen LogP contribution in [-0.4, -0.2) is 42.2 Å².